The third-order valence-electron chi connectivity index (χ3n) is 3.23. The Hall–Kier alpha value is -1.64. The third-order valence-corrected chi connectivity index (χ3v) is 3.70. The second-order valence-corrected chi connectivity index (χ2v) is 5.55. The minimum absolute atomic E-state index is 0.499. The van der Waals surface area contributed by atoms with E-state index in [0.29, 0.717) is 11.6 Å². The molecule has 4 heteroatoms. The van der Waals surface area contributed by atoms with Gasteiger partial charge in [-0.2, -0.15) is 0 Å². The molecule has 0 aliphatic rings. The second kappa shape index (κ2) is 5.39. The van der Waals surface area contributed by atoms with Crippen molar-refractivity contribution in [3.05, 3.63) is 64.3 Å². The first-order valence-electron chi connectivity index (χ1n) is 6.25. The molecule has 0 fully saturated rings. The number of hydrogen-bond donors (Lipinski definition) is 0. The van der Waals surface area contributed by atoms with Crippen molar-refractivity contribution in [3.8, 4) is 5.75 Å². The molecule has 3 rings (SSSR count). The Kier molecular flexibility index (Phi) is 3.60. The summed E-state index contributed by atoms with van der Waals surface area (Å²) in [4.78, 5) is 0. The number of rotatable bonds is 3. The van der Waals surface area contributed by atoms with Gasteiger partial charge in [0.2, 0.25) is 0 Å². The summed E-state index contributed by atoms with van der Waals surface area (Å²) < 4.78 is 7.85. The van der Waals surface area contributed by atoms with E-state index in [0.717, 1.165) is 27.2 Å². The number of aryl methyl sites for hydroxylation is 1. The van der Waals surface area contributed by atoms with Gasteiger partial charge in [-0.3, -0.25) is 0 Å². The van der Waals surface area contributed by atoms with Crippen LogP contribution in [0, 0.1) is 0 Å². The van der Waals surface area contributed by atoms with Crippen molar-refractivity contribution in [2.24, 2.45) is 7.05 Å². The van der Waals surface area contributed by atoms with E-state index in [9.17, 15) is 0 Å². The standard InChI is InChI=1S/C16H13Cl2NO/c1-19-9-11(15-6-5-13(18)8-16(15)19)10-20-14-4-2-3-12(17)7-14/h2-9H,10H2,1H3. The van der Waals surface area contributed by atoms with Crippen molar-refractivity contribution in [2.75, 3.05) is 0 Å². The topological polar surface area (TPSA) is 14.2 Å². The number of nitrogens with zero attached hydrogens (tertiary/aromatic N) is 1. The van der Waals surface area contributed by atoms with Gasteiger partial charge in [-0.25, -0.2) is 0 Å². The Labute approximate surface area is 127 Å². The molecule has 0 bridgehead atoms. The lowest BCUT2D eigenvalue weighted by molar-refractivity contribution is 0.307. The average Bonchev–Trinajstić information content (AvgIpc) is 2.73. The van der Waals surface area contributed by atoms with Crippen LogP contribution in [0.25, 0.3) is 10.9 Å². The summed E-state index contributed by atoms with van der Waals surface area (Å²) in [5.74, 6) is 0.767. The van der Waals surface area contributed by atoms with Crippen LogP contribution in [0.15, 0.2) is 48.7 Å². The summed E-state index contributed by atoms with van der Waals surface area (Å²) in [6.07, 6.45) is 2.06. The maximum Gasteiger partial charge on any atom is 0.121 e. The molecule has 1 aromatic heterocycles. The maximum atomic E-state index is 6.03. The molecule has 1 heterocycles. The van der Waals surface area contributed by atoms with Gasteiger partial charge in [0.25, 0.3) is 0 Å². The number of halogens is 2. The fraction of sp³-hybridized carbons (Fsp3) is 0.125. The summed E-state index contributed by atoms with van der Waals surface area (Å²) in [7, 11) is 2.00. The molecule has 0 radical (unpaired) electrons. The fourth-order valence-corrected chi connectivity index (χ4v) is 2.62. The van der Waals surface area contributed by atoms with E-state index in [-0.39, 0.29) is 0 Å². The average molecular weight is 306 g/mol. The van der Waals surface area contributed by atoms with Crippen molar-refractivity contribution in [2.45, 2.75) is 6.61 Å². The number of aromatic nitrogens is 1. The quantitative estimate of drug-likeness (QED) is 0.659. The monoisotopic (exact) mass is 305 g/mol. The minimum atomic E-state index is 0.499. The Morgan fingerprint density at radius 1 is 1.05 bits per heavy atom. The van der Waals surface area contributed by atoms with Crippen molar-refractivity contribution in [1.29, 1.82) is 0 Å². The van der Waals surface area contributed by atoms with Gasteiger partial charge in [0.15, 0.2) is 0 Å². The lowest BCUT2D eigenvalue weighted by Gasteiger charge is -2.05. The van der Waals surface area contributed by atoms with E-state index >= 15 is 0 Å². The molecule has 0 atom stereocenters. The number of fused-ring (bicyclic) bond motifs is 1. The van der Waals surface area contributed by atoms with Crippen LogP contribution in [0.5, 0.6) is 5.75 Å². The zero-order valence-electron chi connectivity index (χ0n) is 10.9. The highest BCUT2D eigenvalue weighted by atomic mass is 35.5. The van der Waals surface area contributed by atoms with E-state index in [1.54, 1.807) is 0 Å². The molecule has 0 spiro atoms. The smallest absolute Gasteiger partial charge is 0.121 e. The van der Waals surface area contributed by atoms with Crippen LogP contribution in [0.4, 0.5) is 0 Å². The van der Waals surface area contributed by atoms with Crippen LogP contribution in [0.1, 0.15) is 5.56 Å². The third kappa shape index (κ3) is 2.62. The molecule has 0 saturated carbocycles. The van der Waals surface area contributed by atoms with E-state index in [2.05, 4.69) is 10.8 Å². The predicted molar refractivity (Wildman–Crippen MR) is 83.7 cm³/mol. The van der Waals surface area contributed by atoms with Gasteiger partial charge < -0.3 is 9.30 Å². The Morgan fingerprint density at radius 2 is 1.85 bits per heavy atom. The van der Waals surface area contributed by atoms with Gasteiger partial charge in [0.1, 0.15) is 12.4 Å². The summed E-state index contributed by atoms with van der Waals surface area (Å²) in [6, 6.07) is 13.3. The van der Waals surface area contributed by atoms with E-state index in [1.807, 2.05) is 49.5 Å². The van der Waals surface area contributed by atoms with Gasteiger partial charge in [0, 0.05) is 39.8 Å². The predicted octanol–water partition coefficient (Wildman–Crippen LogP) is 5.06. The summed E-state index contributed by atoms with van der Waals surface area (Å²) in [5, 5.41) is 2.56. The highest BCUT2D eigenvalue weighted by Crippen LogP contribution is 2.25. The Balaban J connectivity index is 1.88. The van der Waals surface area contributed by atoms with Crippen LogP contribution in [-0.2, 0) is 13.7 Å². The Bertz CT molecular complexity index is 764. The molecule has 0 saturated heterocycles. The molecule has 2 nitrogen and oxygen atoms in total. The van der Waals surface area contributed by atoms with Crippen molar-refractivity contribution in [1.82, 2.24) is 4.57 Å². The SMILES string of the molecule is Cn1cc(COc2cccc(Cl)c2)c2ccc(Cl)cc21. The number of benzene rings is 2. The largest absolute Gasteiger partial charge is 0.489 e. The molecule has 2 aromatic carbocycles. The molecule has 0 aliphatic carbocycles. The number of hydrogen-bond acceptors (Lipinski definition) is 1. The Morgan fingerprint density at radius 3 is 2.65 bits per heavy atom. The van der Waals surface area contributed by atoms with Crippen molar-refractivity contribution >= 4 is 34.1 Å². The minimum Gasteiger partial charge on any atom is -0.489 e. The zero-order chi connectivity index (χ0) is 14.1. The fourth-order valence-electron chi connectivity index (χ4n) is 2.27. The maximum absolute atomic E-state index is 6.03. The molecule has 102 valence electrons. The molecule has 0 unspecified atom stereocenters. The van der Waals surface area contributed by atoms with Gasteiger partial charge in [-0.15, -0.1) is 0 Å². The van der Waals surface area contributed by atoms with Gasteiger partial charge in [0.05, 0.1) is 0 Å². The molecule has 0 aliphatic heterocycles. The summed E-state index contributed by atoms with van der Waals surface area (Å²) in [5.41, 5.74) is 2.22. The molecule has 20 heavy (non-hydrogen) atoms. The second-order valence-electron chi connectivity index (χ2n) is 4.67. The first-order valence-corrected chi connectivity index (χ1v) is 7.01. The lowest BCUT2D eigenvalue weighted by Crippen LogP contribution is -1.94. The molecule has 0 amide bonds. The zero-order valence-corrected chi connectivity index (χ0v) is 12.4. The van der Waals surface area contributed by atoms with Crippen LogP contribution < -0.4 is 4.74 Å². The first kappa shape index (κ1) is 13.3. The van der Waals surface area contributed by atoms with Gasteiger partial charge in [-0.1, -0.05) is 35.3 Å². The van der Waals surface area contributed by atoms with Crippen LogP contribution in [0.3, 0.4) is 0 Å². The summed E-state index contributed by atoms with van der Waals surface area (Å²) >= 11 is 12.0. The van der Waals surface area contributed by atoms with Gasteiger partial charge in [-0.05, 0) is 30.3 Å². The van der Waals surface area contributed by atoms with E-state index < -0.39 is 0 Å². The highest BCUT2D eigenvalue weighted by Gasteiger charge is 2.07. The molecule has 3 aromatic rings. The molecular weight excluding hydrogens is 293 g/mol. The summed E-state index contributed by atoms with van der Waals surface area (Å²) in [6.45, 7) is 0.499. The number of ether oxygens (including phenoxy) is 1. The normalized spacial score (nSPS) is 10.9. The molecular formula is C16H13Cl2NO. The van der Waals surface area contributed by atoms with Crippen LogP contribution in [-0.4, -0.2) is 4.57 Å². The lowest BCUT2D eigenvalue weighted by atomic mass is 10.2. The van der Waals surface area contributed by atoms with Crippen molar-refractivity contribution in [3.63, 3.8) is 0 Å². The van der Waals surface area contributed by atoms with Crippen LogP contribution in [0.2, 0.25) is 10.0 Å². The first-order chi connectivity index (χ1) is 9.63. The van der Waals surface area contributed by atoms with E-state index in [1.165, 1.54) is 0 Å². The highest BCUT2D eigenvalue weighted by molar-refractivity contribution is 6.31. The van der Waals surface area contributed by atoms with E-state index in [4.69, 9.17) is 27.9 Å². The molecule has 0 N–H and O–H groups in total. The van der Waals surface area contributed by atoms with Crippen molar-refractivity contribution < 1.29 is 4.74 Å². The van der Waals surface area contributed by atoms with Crippen LogP contribution >= 0.6 is 23.2 Å². The van der Waals surface area contributed by atoms with Gasteiger partial charge >= 0.3 is 0 Å².